The van der Waals surface area contributed by atoms with E-state index in [4.69, 9.17) is 0 Å². The maximum absolute atomic E-state index is 12.9. The fourth-order valence-corrected chi connectivity index (χ4v) is 4.75. The first-order valence-electron chi connectivity index (χ1n) is 10.9. The van der Waals surface area contributed by atoms with Crippen LogP contribution in [0.15, 0.2) is 12.4 Å². The predicted octanol–water partition coefficient (Wildman–Crippen LogP) is 1.07. The molecule has 7 nitrogen and oxygen atoms in total. The average Bonchev–Trinajstić information content (AvgIpc) is 3.18. The Labute approximate surface area is 169 Å². The molecule has 0 aromatic carbocycles. The highest BCUT2D eigenvalue weighted by molar-refractivity contribution is 5.76. The van der Waals surface area contributed by atoms with Gasteiger partial charge in [-0.15, -0.1) is 0 Å². The number of carbonyl (C=O) groups is 1. The number of imidazole rings is 1. The first-order chi connectivity index (χ1) is 13.6. The van der Waals surface area contributed by atoms with Crippen LogP contribution in [-0.2, 0) is 17.8 Å². The van der Waals surface area contributed by atoms with Gasteiger partial charge in [-0.05, 0) is 32.2 Å². The predicted molar refractivity (Wildman–Crippen MR) is 110 cm³/mol. The van der Waals surface area contributed by atoms with Gasteiger partial charge in [-0.1, -0.05) is 6.92 Å². The fourth-order valence-electron chi connectivity index (χ4n) is 4.75. The molecule has 2 aliphatic heterocycles. The summed E-state index contributed by atoms with van der Waals surface area (Å²) < 4.78 is 2.10. The highest BCUT2D eigenvalue weighted by Gasteiger charge is 2.35. The van der Waals surface area contributed by atoms with Gasteiger partial charge in [-0.25, -0.2) is 4.98 Å². The molecule has 1 amide bonds. The molecule has 7 heteroatoms. The van der Waals surface area contributed by atoms with Crippen LogP contribution in [0.2, 0.25) is 0 Å². The van der Waals surface area contributed by atoms with E-state index in [-0.39, 0.29) is 12.5 Å². The van der Waals surface area contributed by atoms with Gasteiger partial charge in [-0.2, -0.15) is 0 Å². The van der Waals surface area contributed by atoms with Gasteiger partial charge in [0.15, 0.2) is 0 Å². The Morgan fingerprint density at radius 2 is 2.04 bits per heavy atom. The second-order valence-electron chi connectivity index (χ2n) is 8.30. The minimum atomic E-state index is 0.236. The van der Waals surface area contributed by atoms with E-state index >= 15 is 0 Å². The summed E-state index contributed by atoms with van der Waals surface area (Å²) in [6.45, 7) is 9.21. The number of aliphatic hydroxyl groups excluding tert-OH is 1. The Balaban J connectivity index is 1.55. The van der Waals surface area contributed by atoms with Crippen LogP contribution in [0.5, 0.6) is 0 Å². The normalized spacial score (nSPS) is 24.6. The van der Waals surface area contributed by atoms with Gasteiger partial charge in [0.1, 0.15) is 5.82 Å². The summed E-state index contributed by atoms with van der Waals surface area (Å²) in [6, 6.07) is 0.546. The van der Waals surface area contributed by atoms with Crippen molar-refractivity contribution in [2.75, 3.05) is 52.9 Å². The lowest BCUT2D eigenvalue weighted by Crippen LogP contribution is -2.57. The molecule has 28 heavy (non-hydrogen) atoms. The molecule has 2 aliphatic rings. The zero-order chi connectivity index (χ0) is 19.9. The number of likely N-dealkylation sites (N-methyl/N-ethyl adjacent to an activating group) is 1. The van der Waals surface area contributed by atoms with E-state index in [2.05, 4.69) is 38.2 Å². The summed E-state index contributed by atoms with van der Waals surface area (Å²) >= 11 is 0. The smallest absolute Gasteiger partial charge is 0.224 e. The second kappa shape index (κ2) is 10.4. The average molecular weight is 392 g/mol. The Morgan fingerprint density at radius 3 is 2.75 bits per heavy atom. The number of nitrogens with zero attached hydrogens (tertiary/aromatic N) is 5. The van der Waals surface area contributed by atoms with Gasteiger partial charge in [0.05, 0.1) is 0 Å². The van der Waals surface area contributed by atoms with Crippen molar-refractivity contribution < 1.29 is 9.90 Å². The quantitative estimate of drug-likeness (QED) is 0.718. The summed E-state index contributed by atoms with van der Waals surface area (Å²) in [6.07, 6.45) is 8.09. The summed E-state index contributed by atoms with van der Waals surface area (Å²) in [7, 11) is 2.19. The van der Waals surface area contributed by atoms with Crippen LogP contribution < -0.4 is 0 Å². The molecule has 0 unspecified atom stereocenters. The van der Waals surface area contributed by atoms with Crippen LogP contribution in [-0.4, -0.2) is 94.2 Å². The molecule has 158 valence electrons. The number of rotatable bonds is 8. The Kier molecular flexibility index (Phi) is 7.88. The summed E-state index contributed by atoms with van der Waals surface area (Å²) in [5, 5.41) is 9.33. The van der Waals surface area contributed by atoms with Crippen molar-refractivity contribution in [3.05, 3.63) is 18.2 Å². The van der Waals surface area contributed by atoms with Gasteiger partial charge in [0.25, 0.3) is 0 Å². The summed E-state index contributed by atoms with van der Waals surface area (Å²) in [5.74, 6) is 1.76. The Hall–Kier alpha value is -1.44. The van der Waals surface area contributed by atoms with Crippen molar-refractivity contribution in [3.8, 4) is 0 Å². The zero-order valence-electron chi connectivity index (χ0n) is 17.6. The third kappa shape index (κ3) is 5.33. The first kappa shape index (κ1) is 21.3. The first-order valence-corrected chi connectivity index (χ1v) is 10.9. The third-order valence-electron chi connectivity index (χ3n) is 6.47. The number of amides is 1. The molecule has 3 heterocycles. The number of piperazine rings is 1. The molecular weight excluding hydrogens is 354 g/mol. The van der Waals surface area contributed by atoms with Crippen molar-refractivity contribution in [2.24, 2.45) is 5.92 Å². The molecule has 0 radical (unpaired) electrons. The number of aromatic nitrogens is 2. The molecule has 3 rings (SSSR count). The van der Waals surface area contributed by atoms with E-state index in [1.165, 1.54) is 0 Å². The van der Waals surface area contributed by atoms with Gasteiger partial charge < -0.3 is 19.5 Å². The SMILES string of the molecule is CCc1nccn1CCC(=O)N1CC[C@@H](N2CCN(C)CC2)[C@@H](CCCO)C1. The molecule has 2 saturated heterocycles. The molecule has 2 atom stereocenters. The van der Waals surface area contributed by atoms with E-state index in [9.17, 15) is 9.90 Å². The number of likely N-dealkylation sites (tertiary alicyclic amines) is 1. The van der Waals surface area contributed by atoms with Crippen LogP contribution >= 0.6 is 0 Å². The number of carbonyl (C=O) groups excluding carboxylic acids is 1. The van der Waals surface area contributed by atoms with Gasteiger partial charge in [0, 0.05) is 83.7 Å². The molecule has 0 spiro atoms. The fraction of sp³-hybridized carbons (Fsp3) is 0.810. The topological polar surface area (TPSA) is 64.8 Å². The number of piperidine rings is 1. The minimum absolute atomic E-state index is 0.236. The lowest BCUT2D eigenvalue weighted by Gasteiger charge is -2.46. The molecule has 1 aromatic rings. The standard InChI is InChI=1S/C21H37N5O2/c1-3-20-22-8-11-25(20)10-7-21(28)26-9-6-19(18(17-26)5-4-16-27)24-14-12-23(2)13-15-24/h8,11,18-19,27H,3-7,9-10,12-17H2,1-2H3/t18-,19+/m0/s1. The van der Waals surface area contributed by atoms with E-state index in [0.717, 1.165) is 70.8 Å². The van der Waals surface area contributed by atoms with Gasteiger partial charge in [-0.3, -0.25) is 9.69 Å². The van der Waals surface area contributed by atoms with Crippen LogP contribution in [0.3, 0.4) is 0 Å². The number of aryl methyl sites for hydroxylation is 2. The van der Waals surface area contributed by atoms with Gasteiger partial charge >= 0.3 is 0 Å². The van der Waals surface area contributed by atoms with Crippen molar-refractivity contribution in [1.29, 1.82) is 0 Å². The highest BCUT2D eigenvalue weighted by Crippen LogP contribution is 2.27. The van der Waals surface area contributed by atoms with E-state index in [1.54, 1.807) is 0 Å². The molecular formula is C21H37N5O2. The third-order valence-corrected chi connectivity index (χ3v) is 6.47. The van der Waals surface area contributed by atoms with E-state index in [1.807, 2.05) is 12.4 Å². The largest absolute Gasteiger partial charge is 0.396 e. The van der Waals surface area contributed by atoms with Crippen LogP contribution in [0, 0.1) is 5.92 Å². The minimum Gasteiger partial charge on any atom is -0.396 e. The van der Waals surface area contributed by atoms with Crippen LogP contribution in [0.1, 0.15) is 38.4 Å². The highest BCUT2D eigenvalue weighted by atomic mass is 16.3. The molecule has 1 aromatic heterocycles. The molecule has 0 saturated carbocycles. The molecule has 0 bridgehead atoms. The lowest BCUT2D eigenvalue weighted by atomic mass is 9.86. The van der Waals surface area contributed by atoms with E-state index < -0.39 is 0 Å². The monoisotopic (exact) mass is 391 g/mol. The number of aliphatic hydroxyl groups is 1. The van der Waals surface area contributed by atoms with Crippen molar-refractivity contribution in [1.82, 2.24) is 24.3 Å². The van der Waals surface area contributed by atoms with Crippen molar-refractivity contribution >= 4 is 5.91 Å². The van der Waals surface area contributed by atoms with Crippen molar-refractivity contribution in [3.63, 3.8) is 0 Å². The van der Waals surface area contributed by atoms with Crippen LogP contribution in [0.25, 0.3) is 0 Å². The van der Waals surface area contributed by atoms with Gasteiger partial charge in [0.2, 0.25) is 5.91 Å². The Bertz CT molecular complexity index is 612. The molecule has 2 fully saturated rings. The lowest BCUT2D eigenvalue weighted by molar-refractivity contribution is -0.134. The Morgan fingerprint density at radius 1 is 1.25 bits per heavy atom. The van der Waals surface area contributed by atoms with E-state index in [0.29, 0.717) is 24.9 Å². The second-order valence-corrected chi connectivity index (χ2v) is 8.30. The van der Waals surface area contributed by atoms with Crippen molar-refractivity contribution in [2.45, 2.75) is 51.6 Å². The zero-order valence-corrected chi connectivity index (χ0v) is 17.6. The number of hydrogen-bond donors (Lipinski definition) is 1. The number of hydrogen-bond acceptors (Lipinski definition) is 5. The summed E-state index contributed by atoms with van der Waals surface area (Å²) in [4.78, 5) is 24.3. The maximum Gasteiger partial charge on any atom is 0.224 e. The van der Waals surface area contributed by atoms with Crippen LogP contribution in [0.4, 0.5) is 0 Å². The molecule has 1 N–H and O–H groups in total. The summed E-state index contributed by atoms with van der Waals surface area (Å²) in [5.41, 5.74) is 0. The molecule has 0 aliphatic carbocycles. The maximum atomic E-state index is 12.9.